The number of benzene rings is 5. The summed E-state index contributed by atoms with van der Waals surface area (Å²) in [7, 11) is 0. The fourth-order valence-electron chi connectivity index (χ4n) is 6.67. The van der Waals surface area contributed by atoms with Crippen LogP contribution in [0.3, 0.4) is 0 Å². The Bertz CT molecular complexity index is 2960. The van der Waals surface area contributed by atoms with Crippen molar-refractivity contribution >= 4 is 72.7 Å². The molecule has 0 aliphatic heterocycles. The fraction of sp³-hybridized carbons (Fsp3) is 0.0889. The maximum absolute atomic E-state index is 7.35. The number of imidazole rings is 1. The smallest absolute Gasteiger partial charge is 0.216 e. The number of aromatic nitrogens is 4. The molecule has 5 aromatic carbocycles. The molecule has 261 valence electrons. The van der Waals surface area contributed by atoms with Crippen molar-refractivity contribution in [3.8, 4) is 28.3 Å². The minimum Gasteiger partial charge on any atom is -0.486 e. The minimum atomic E-state index is -2.08. The third-order valence-corrected chi connectivity index (χ3v) is 13.6. The van der Waals surface area contributed by atoms with Crippen LogP contribution in [0, 0.1) is 19.0 Å². The Morgan fingerprint density at radius 3 is 2.34 bits per heavy atom. The molecule has 53 heavy (non-hydrogen) atoms. The third kappa shape index (κ3) is 6.29. The molecule has 0 bridgehead atoms. The second-order valence-corrected chi connectivity index (χ2v) is 24.4. The molecular weight excluding hydrogens is 893 g/mol. The molecule has 0 aliphatic carbocycles. The van der Waals surface area contributed by atoms with E-state index in [-0.39, 0.29) is 20.1 Å². The maximum Gasteiger partial charge on any atom is 0.216 e. The van der Waals surface area contributed by atoms with Gasteiger partial charge in [-0.1, -0.05) is 53.4 Å². The number of hydrogen-bond donors (Lipinski definition) is 0. The molecule has 0 saturated heterocycles. The van der Waals surface area contributed by atoms with E-state index in [4.69, 9.17) is 17.9 Å². The monoisotopic (exact) mass is 932 g/mol. The maximum atomic E-state index is 7.35. The van der Waals surface area contributed by atoms with Gasteiger partial charge in [0.15, 0.2) is 5.58 Å². The first-order valence-corrected chi connectivity index (χ1v) is 24.4. The first-order valence-electron chi connectivity index (χ1n) is 18.6. The van der Waals surface area contributed by atoms with E-state index in [1.807, 2.05) is 72.9 Å². The van der Waals surface area contributed by atoms with Gasteiger partial charge in [-0.05, 0) is 36.4 Å². The zero-order valence-corrected chi connectivity index (χ0v) is 33.6. The quantitative estimate of drug-likeness (QED) is 0.130. The third-order valence-electron chi connectivity index (χ3n) is 9.34. The van der Waals surface area contributed by atoms with Gasteiger partial charge < -0.3 is 13.4 Å². The van der Waals surface area contributed by atoms with E-state index in [1.54, 1.807) is 18.3 Å². The number of hydrogen-bond acceptors (Lipinski definition) is 5. The van der Waals surface area contributed by atoms with Crippen molar-refractivity contribution in [1.29, 1.82) is 0 Å². The van der Waals surface area contributed by atoms with Crippen LogP contribution in [0.25, 0.3) is 83.4 Å². The van der Waals surface area contributed by atoms with Gasteiger partial charge in [0.2, 0.25) is 5.71 Å². The largest absolute Gasteiger partial charge is 0.486 e. The fourth-order valence-corrected chi connectivity index (χ4v) is 8.84. The van der Waals surface area contributed by atoms with E-state index in [1.165, 1.54) is 10.5 Å². The van der Waals surface area contributed by atoms with Crippen molar-refractivity contribution in [2.24, 2.45) is 0 Å². The molecule has 0 fully saturated rings. The van der Waals surface area contributed by atoms with E-state index < -0.39 is 20.1 Å². The van der Waals surface area contributed by atoms with Crippen LogP contribution < -0.4 is 4.40 Å². The summed E-state index contributed by atoms with van der Waals surface area (Å²) < 4.78 is 38.2. The van der Waals surface area contributed by atoms with Crippen molar-refractivity contribution in [2.45, 2.75) is 24.1 Å². The summed E-state index contributed by atoms with van der Waals surface area (Å²) in [5, 5.41) is 4.12. The molecule has 0 aliphatic rings. The predicted molar refractivity (Wildman–Crippen MR) is 214 cm³/mol. The summed E-state index contributed by atoms with van der Waals surface area (Å²) in [6, 6.07) is 45.8. The number of pyridine rings is 2. The van der Waals surface area contributed by atoms with Gasteiger partial charge >= 0.3 is 110 Å². The van der Waals surface area contributed by atoms with Crippen LogP contribution in [0.5, 0.6) is 0 Å². The van der Waals surface area contributed by atoms with E-state index in [0.29, 0.717) is 11.3 Å². The first kappa shape index (κ1) is 31.2. The molecule has 0 saturated carbocycles. The SMILES string of the molecule is [2H]C([2H])([2H])c1c[c-]c(-c2cc[c]([Ge]([CH3])([CH3])[CH3])cn2)cc1.[Ir].[c-]1ccc2c(oc3ncccc32)c1-c1nc2ccccc2n1-c1cccc2c1oc1ccccc12. The Hall–Kier alpha value is -5.34. The van der Waals surface area contributed by atoms with Crippen molar-refractivity contribution in [3.63, 3.8) is 0 Å². The number of furan rings is 2. The molecule has 1 radical (unpaired) electrons. The van der Waals surface area contributed by atoms with Crippen LogP contribution in [-0.4, -0.2) is 32.8 Å². The van der Waals surface area contributed by atoms with Crippen LogP contribution in [0.1, 0.15) is 9.68 Å². The number of fused-ring (bicyclic) bond motifs is 7. The van der Waals surface area contributed by atoms with Crippen molar-refractivity contribution in [1.82, 2.24) is 19.5 Å². The van der Waals surface area contributed by atoms with Crippen LogP contribution in [0.4, 0.5) is 0 Å². The van der Waals surface area contributed by atoms with Gasteiger partial charge in [-0.3, -0.25) is 4.98 Å². The van der Waals surface area contributed by atoms with Gasteiger partial charge in [0.05, 0.1) is 28.1 Å². The average molecular weight is 931 g/mol. The molecule has 0 spiro atoms. The van der Waals surface area contributed by atoms with Crippen LogP contribution in [-0.2, 0) is 20.1 Å². The summed E-state index contributed by atoms with van der Waals surface area (Å²) in [4.78, 5) is 14.0. The van der Waals surface area contributed by atoms with E-state index >= 15 is 0 Å². The molecule has 5 aromatic heterocycles. The second-order valence-electron chi connectivity index (χ2n) is 13.7. The second kappa shape index (κ2) is 13.9. The van der Waals surface area contributed by atoms with Gasteiger partial charge in [-0.15, -0.1) is 18.2 Å². The summed E-state index contributed by atoms with van der Waals surface area (Å²) in [6.45, 7) is -2.08. The predicted octanol–water partition coefficient (Wildman–Crippen LogP) is 11.1. The number of rotatable bonds is 4. The molecule has 10 aromatic rings. The van der Waals surface area contributed by atoms with Gasteiger partial charge in [0, 0.05) is 42.5 Å². The molecule has 6 nitrogen and oxygen atoms in total. The Morgan fingerprint density at radius 2 is 1.53 bits per heavy atom. The van der Waals surface area contributed by atoms with E-state index in [0.717, 1.165) is 77.7 Å². The topological polar surface area (TPSA) is 69.9 Å². The van der Waals surface area contributed by atoms with Crippen LogP contribution in [0.2, 0.25) is 17.3 Å². The molecule has 0 amide bonds. The molecule has 0 unspecified atom stereocenters. The van der Waals surface area contributed by atoms with Crippen molar-refractivity contribution < 1.29 is 33.1 Å². The minimum absolute atomic E-state index is 0. The number of nitrogens with zero attached hydrogens (tertiary/aromatic N) is 4. The number of aryl methyl sites for hydroxylation is 1. The van der Waals surface area contributed by atoms with Gasteiger partial charge in [-0.2, -0.15) is 0 Å². The Balaban J connectivity index is 0.000000181. The van der Waals surface area contributed by atoms with Gasteiger partial charge in [0.1, 0.15) is 5.58 Å². The molecule has 8 heteroatoms. The van der Waals surface area contributed by atoms with Gasteiger partial charge in [-0.25, -0.2) is 4.98 Å². The molecular formula is C45H34GeIrN4O2-2. The van der Waals surface area contributed by atoms with E-state index in [9.17, 15) is 0 Å². The summed E-state index contributed by atoms with van der Waals surface area (Å²) in [5.41, 5.74) is 8.53. The Labute approximate surface area is 327 Å². The zero-order chi connectivity index (χ0) is 37.9. The summed E-state index contributed by atoms with van der Waals surface area (Å²) in [6.07, 6.45) is 3.69. The van der Waals surface area contributed by atoms with Crippen LogP contribution in [0.15, 0.2) is 143 Å². The molecule has 0 N–H and O–H groups in total. The van der Waals surface area contributed by atoms with Crippen LogP contribution >= 0.6 is 0 Å². The Morgan fingerprint density at radius 1 is 0.717 bits per heavy atom. The molecule has 10 rings (SSSR count). The number of para-hydroxylation sites is 4. The van der Waals surface area contributed by atoms with Crippen molar-refractivity contribution in [3.05, 3.63) is 151 Å². The standard InChI is InChI=1S/C30H16N3O2.C15H18GeN.Ir/c1-4-16-26-18(8-1)19-10-6-15-25(28(19)34-26)33-24-14-3-2-13-23(24)32-29(33)22-11-5-9-20-21-12-7-17-31-30(21)35-27(20)22;1-12-5-7-13(8-6-12)15-10-9-14(11-17-15)16(2,3)4;/h1-10,12-17H;5-7,9-11H,1-4H3;/q2*-1;/i;1D3;. The molecule has 5 heterocycles. The zero-order valence-electron chi connectivity index (χ0n) is 32.1. The Kier molecular flexibility index (Phi) is 8.19. The summed E-state index contributed by atoms with van der Waals surface area (Å²) >= 11 is -1.83. The molecule has 0 atom stereocenters. The van der Waals surface area contributed by atoms with Gasteiger partial charge in [0.25, 0.3) is 0 Å². The summed E-state index contributed by atoms with van der Waals surface area (Å²) in [5.74, 6) is 7.72. The average Bonchev–Trinajstić information content (AvgIpc) is 3.89. The first-order chi connectivity index (χ1) is 26.5. The van der Waals surface area contributed by atoms with Crippen molar-refractivity contribution in [2.75, 3.05) is 0 Å². The normalized spacial score (nSPS) is 12.7. The van der Waals surface area contributed by atoms with E-state index in [2.05, 4.69) is 80.3 Å².